The fourth-order valence-corrected chi connectivity index (χ4v) is 3.69. The average Bonchev–Trinajstić information content (AvgIpc) is 3.10. The van der Waals surface area contributed by atoms with Gasteiger partial charge >= 0.3 is 0 Å². The predicted octanol–water partition coefficient (Wildman–Crippen LogP) is 5.61. The quantitative estimate of drug-likeness (QED) is 0.441. The number of thiophene rings is 1. The Bertz CT molecular complexity index is 927. The molecule has 124 valence electrons. The molecule has 0 aliphatic rings. The van der Waals surface area contributed by atoms with Crippen LogP contribution in [0, 0.1) is 4.77 Å². The van der Waals surface area contributed by atoms with Gasteiger partial charge in [0.15, 0.2) is 5.82 Å². The van der Waals surface area contributed by atoms with Gasteiger partial charge < -0.3 is 0 Å². The number of hydrogen-bond donors (Lipinski definition) is 1. The molecule has 1 N–H and O–H groups in total. The zero-order valence-electron chi connectivity index (χ0n) is 13.6. The number of rotatable bonds is 3. The molecule has 0 aliphatic heterocycles. The molecule has 3 aromatic rings. The van der Waals surface area contributed by atoms with Crippen molar-refractivity contribution in [3.63, 3.8) is 0 Å². The Labute approximate surface area is 158 Å². The van der Waals surface area contributed by atoms with E-state index in [1.807, 2.05) is 12.1 Å². The van der Waals surface area contributed by atoms with Crippen molar-refractivity contribution in [1.29, 1.82) is 0 Å². The molecule has 0 bridgehead atoms. The molecule has 0 unspecified atom stereocenters. The van der Waals surface area contributed by atoms with Crippen LogP contribution in [-0.2, 0) is 5.41 Å². The van der Waals surface area contributed by atoms with Gasteiger partial charge in [-0.1, -0.05) is 45.0 Å². The monoisotopic (exact) mass is 420 g/mol. The van der Waals surface area contributed by atoms with Gasteiger partial charge in [-0.3, -0.25) is 0 Å². The summed E-state index contributed by atoms with van der Waals surface area (Å²) in [6.07, 6.45) is 1.79. The summed E-state index contributed by atoms with van der Waals surface area (Å²) in [5.41, 5.74) is 2.37. The summed E-state index contributed by atoms with van der Waals surface area (Å²) in [4.78, 5) is 1.04. The molecule has 0 spiro atoms. The highest BCUT2D eigenvalue weighted by Gasteiger charge is 2.14. The molecule has 4 nitrogen and oxygen atoms in total. The first-order valence-corrected chi connectivity index (χ1v) is 9.44. The third kappa shape index (κ3) is 3.74. The van der Waals surface area contributed by atoms with Gasteiger partial charge in [0.05, 0.1) is 10.0 Å². The number of hydrogen-bond acceptors (Lipinski definition) is 4. The molecule has 0 amide bonds. The Morgan fingerprint density at radius 1 is 1.21 bits per heavy atom. The van der Waals surface area contributed by atoms with E-state index in [4.69, 9.17) is 12.2 Å². The first-order chi connectivity index (χ1) is 11.3. The molecule has 24 heavy (non-hydrogen) atoms. The van der Waals surface area contributed by atoms with Crippen molar-refractivity contribution in [2.24, 2.45) is 5.10 Å². The number of H-pyrrole nitrogens is 1. The lowest BCUT2D eigenvalue weighted by atomic mass is 9.87. The Morgan fingerprint density at radius 3 is 2.50 bits per heavy atom. The minimum absolute atomic E-state index is 0.119. The van der Waals surface area contributed by atoms with Gasteiger partial charge in [0.1, 0.15) is 0 Å². The number of nitrogens with zero attached hydrogens (tertiary/aromatic N) is 3. The van der Waals surface area contributed by atoms with Gasteiger partial charge in [-0.25, -0.2) is 5.10 Å². The van der Waals surface area contributed by atoms with Gasteiger partial charge in [-0.05, 0) is 51.3 Å². The zero-order valence-corrected chi connectivity index (χ0v) is 16.8. The molecule has 0 atom stereocenters. The Balaban J connectivity index is 1.95. The Hall–Kier alpha value is -1.57. The lowest BCUT2D eigenvalue weighted by Crippen LogP contribution is -2.10. The second-order valence-corrected chi connectivity index (χ2v) is 9.26. The van der Waals surface area contributed by atoms with Crippen LogP contribution in [0.25, 0.3) is 11.4 Å². The van der Waals surface area contributed by atoms with Crippen LogP contribution < -0.4 is 0 Å². The normalized spacial score (nSPS) is 12.2. The summed E-state index contributed by atoms with van der Waals surface area (Å²) in [5.74, 6) is 0.701. The van der Waals surface area contributed by atoms with Crippen LogP contribution in [0.15, 0.2) is 45.3 Å². The lowest BCUT2D eigenvalue weighted by molar-refractivity contribution is 0.590. The Morgan fingerprint density at radius 2 is 1.92 bits per heavy atom. The molecule has 0 fully saturated rings. The van der Waals surface area contributed by atoms with Crippen molar-refractivity contribution < 1.29 is 0 Å². The SMILES string of the molecule is CC(C)(C)c1ccc(-c2n[nH]c(=S)n2/N=C\c2ccc(Br)s2)cc1. The molecular weight excluding hydrogens is 404 g/mol. The largest absolute Gasteiger partial charge is 0.250 e. The standard InChI is InChI=1S/C17H17BrN4S2/c1-17(2,3)12-6-4-11(5-7-12)15-20-21-16(23)22(15)19-10-13-8-9-14(18)24-13/h4-10H,1-3H3,(H,21,23)/b19-10-. The summed E-state index contributed by atoms with van der Waals surface area (Å²) in [5, 5.41) is 11.6. The van der Waals surface area contributed by atoms with Crippen molar-refractivity contribution in [2.75, 3.05) is 0 Å². The smallest absolute Gasteiger partial charge is 0.216 e. The summed E-state index contributed by atoms with van der Waals surface area (Å²) in [6.45, 7) is 6.59. The van der Waals surface area contributed by atoms with Gasteiger partial charge in [0.25, 0.3) is 0 Å². The van der Waals surface area contributed by atoms with Crippen molar-refractivity contribution in [2.45, 2.75) is 26.2 Å². The number of nitrogens with one attached hydrogen (secondary N) is 1. The minimum atomic E-state index is 0.119. The molecule has 7 heteroatoms. The number of aromatic nitrogens is 3. The van der Waals surface area contributed by atoms with Crippen LogP contribution in [0.4, 0.5) is 0 Å². The molecular formula is C17H17BrN4S2. The highest BCUT2D eigenvalue weighted by Crippen LogP contribution is 2.25. The van der Waals surface area contributed by atoms with Crippen LogP contribution in [-0.4, -0.2) is 21.1 Å². The topological polar surface area (TPSA) is 46.0 Å². The van der Waals surface area contributed by atoms with Crippen LogP contribution >= 0.6 is 39.5 Å². The summed E-state index contributed by atoms with van der Waals surface area (Å²) < 4.78 is 3.18. The van der Waals surface area contributed by atoms with Gasteiger partial charge in [-0.15, -0.1) is 11.3 Å². The van der Waals surface area contributed by atoms with E-state index in [1.165, 1.54) is 5.56 Å². The van der Waals surface area contributed by atoms with E-state index >= 15 is 0 Å². The number of benzene rings is 1. The maximum atomic E-state index is 5.30. The van der Waals surface area contributed by atoms with E-state index in [0.29, 0.717) is 10.6 Å². The van der Waals surface area contributed by atoms with E-state index in [9.17, 15) is 0 Å². The first-order valence-electron chi connectivity index (χ1n) is 7.42. The molecule has 0 radical (unpaired) electrons. The first kappa shape index (κ1) is 17.3. The number of halogens is 1. The average molecular weight is 421 g/mol. The fraction of sp³-hybridized carbons (Fsp3) is 0.235. The van der Waals surface area contributed by atoms with Gasteiger partial charge in [0, 0.05) is 10.4 Å². The van der Waals surface area contributed by atoms with E-state index in [2.05, 4.69) is 76.3 Å². The number of aromatic amines is 1. The highest BCUT2D eigenvalue weighted by atomic mass is 79.9. The third-order valence-electron chi connectivity index (χ3n) is 3.55. The molecule has 2 heterocycles. The summed E-state index contributed by atoms with van der Waals surface area (Å²) >= 11 is 10.4. The fourth-order valence-electron chi connectivity index (χ4n) is 2.22. The molecule has 3 rings (SSSR count). The van der Waals surface area contributed by atoms with Crippen LogP contribution in [0.2, 0.25) is 0 Å². The highest BCUT2D eigenvalue weighted by molar-refractivity contribution is 9.11. The van der Waals surface area contributed by atoms with Crippen LogP contribution in [0.5, 0.6) is 0 Å². The van der Waals surface area contributed by atoms with Crippen molar-refractivity contribution in [1.82, 2.24) is 14.9 Å². The maximum Gasteiger partial charge on any atom is 0.216 e. The Kier molecular flexibility index (Phi) is 4.85. The van der Waals surface area contributed by atoms with Crippen molar-refractivity contribution in [3.05, 3.63) is 55.4 Å². The lowest BCUT2D eigenvalue weighted by Gasteiger charge is -2.18. The van der Waals surface area contributed by atoms with E-state index < -0.39 is 0 Å². The maximum absolute atomic E-state index is 5.30. The molecule has 0 saturated carbocycles. The van der Waals surface area contributed by atoms with Gasteiger partial charge in [-0.2, -0.15) is 14.9 Å². The minimum Gasteiger partial charge on any atom is -0.250 e. The molecule has 2 aromatic heterocycles. The predicted molar refractivity (Wildman–Crippen MR) is 107 cm³/mol. The summed E-state index contributed by atoms with van der Waals surface area (Å²) in [7, 11) is 0. The van der Waals surface area contributed by atoms with E-state index in [0.717, 1.165) is 14.2 Å². The van der Waals surface area contributed by atoms with E-state index in [1.54, 1.807) is 22.2 Å². The van der Waals surface area contributed by atoms with Crippen LogP contribution in [0.3, 0.4) is 0 Å². The second kappa shape index (κ2) is 6.74. The van der Waals surface area contributed by atoms with E-state index in [-0.39, 0.29) is 5.41 Å². The van der Waals surface area contributed by atoms with Gasteiger partial charge in [0.2, 0.25) is 4.77 Å². The molecule has 1 aromatic carbocycles. The van der Waals surface area contributed by atoms with Crippen LogP contribution in [0.1, 0.15) is 31.2 Å². The van der Waals surface area contributed by atoms with Crippen molar-refractivity contribution >= 4 is 45.7 Å². The third-order valence-corrected chi connectivity index (χ3v) is 5.38. The zero-order chi connectivity index (χ0) is 17.3. The molecule has 0 aliphatic carbocycles. The second-order valence-electron chi connectivity index (χ2n) is 6.38. The molecule has 0 saturated heterocycles. The van der Waals surface area contributed by atoms with Crippen molar-refractivity contribution in [3.8, 4) is 11.4 Å². The summed E-state index contributed by atoms with van der Waals surface area (Å²) in [6, 6.07) is 12.3.